The first-order chi connectivity index (χ1) is 8.67. The third-order valence-electron chi connectivity index (χ3n) is 3.89. The maximum absolute atomic E-state index is 9.11. The van der Waals surface area contributed by atoms with E-state index < -0.39 is 0 Å². The smallest absolute Gasteiger partial charge is 0.0446 e. The van der Waals surface area contributed by atoms with E-state index >= 15 is 0 Å². The number of hydrogen-bond acceptors (Lipinski definition) is 4. The molecule has 0 amide bonds. The maximum Gasteiger partial charge on any atom is 0.0446 e. The highest BCUT2D eigenvalue weighted by Crippen LogP contribution is 2.15. The van der Waals surface area contributed by atoms with Crippen molar-refractivity contribution in [1.82, 2.24) is 15.1 Å². The van der Waals surface area contributed by atoms with Gasteiger partial charge >= 0.3 is 0 Å². The van der Waals surface area contributed by atoms with Gasteiger partial charge in [-0.15, -0.1) is 0 Å². The standard InChI is InChI=1S/C14H31N3O/c1-4-8-15-13(7-10-18)11-16(2)12-14-6-5-9-17(14)3/h13-15,18H,4-12H2,1-3H3. The Morgan fingerprint density at radius 1 is 1.50 bits per heavy atom. The molecule has 0 aromatic heterocycles. The quantitative estimate of drug-likeness (QED) is 0.640. The van der Waals surface area contributed by atoms with E-state index in [2.05, 4.69) is 36.1 Å². The Hall–Kier alpha value is -0.160. The second-order valence-electron chi connectivity index (χ2n) is 5.66. The van der Waals surface area contributed by atoms with E-state index in [4.69, 9.17) is 5.11 Å². The molecule has 2 atom stereocenters. The normalized spacial score (nSPS) is 22.8. The predicted molar refractivity (Wildman–Crippen MR) is 76.9 cm³/mol. The predicted octanol–water partition coefficient (Wildman–Crippen LogP) is 0.763. The van der Waals surface area contributed by atoms with E-state index in [1.54, 1.807) is 0 Å². The number of hydrogen-bond donors (Lipinski definition) is 2. The molecule has 0 aromatic rings. The summed E-state index contributed by atoms with van der Waals surface area (Å²) in [7, 11) is 4.43. The molecule has 18 heavy (non-hydrogen) atoms. The fourth-order valence-electron chi connectivity index (χ4n) is 2.78. The van der Waals surface area contributed by atoms with Crippen molar-refractivity contribution in [3.63, 3.8) is 0 Å². The fraction of sp³-hybridized carbons (Fsp3) is 1.00. The molecule has 108 valence electrons. The molecule has 0 saturated carbocycles. The number of likely N-dealkylation sites (tertiary alicyclic amines) is 1. The Kier molecular flexibility index (Phi) is 7.82. The first kappa shape index (κ1) is 15.9. The molecule has 0 aliphatic carbocycles. The summed E-state index contributed by atoms with van der Waals surface area (Å²) in [6, 6.07) is 1.14. The van der Waals surface area contributed by atoms with Crippen molar-refractivity contribution in [1.29, 1.82) is 0 Å². The Morgan fingerprint density at radius 2 is 2.28 bits per heavy atom. The van der Waals surface area contributed by atoms with Crippen LogP contribution in [0.5, 0.6) is 0 Å². The van der Waals surface area contributed by atoms with Gasteiger partial charge in [-0.25, -0.2) is 0 Å². The van der Waals surface area contributed by atoms with E-state index in [0.717, 1.165) is 38.5 Å². The molecule has 4 heteroatoms. The molecule has 0 aromatic carbocycles. The molecular weight excluding hydrogens is 226 g/mol. The van der Waals surface area contributed by atoms with Crippen LogP contribution in [-0.4, -0.2) is 73.9 Å². The molecule has 0 radical (unpaired) electrons. The highest BCUT2D eigenvalue weighted by atomic mass is 16.3. The summed E-state index contributed by atoms with van der Waals surface area (Å²) in [4.78, 5) is 4.88. The summed E-state index contributed by atoms with van der Waals surface area (Å²) >= 11 is 0. The van der Waals surface area contributed by atoms with Crippen LogP contribution < -0.4 is 5.32 Å². The topological polar surface area (TPSA) is 38.7 Å². The van der Waals surface area contributed by atoms with Gasteiger partial charge < -0.3 is 20.2 Å². The minimum Gasteiger partial charge on any atom is -0.396 e. The number of aliphatic hydroxyl groups excluding tert-OH is 1. The molecule has 2 N–H and O–H groups in total. The summed E-state index contributed by atoms with van der Waals surface area (Å²) in [6.07, 6.45) is 4.67. The number of nitrogens with zero attached hydrogens (tertiary/aromatic N) is 2. The average molecular weight is 257 g/mol. The molecule has 1 fully saturated rings. The molecule has 1 saturated heterocycles. The first-order valence-corrected chi connectivity index (χ1v) is 7.40. The lowest BCUT2D eigenvalue weighted by Gasteiger charge is -2.29. The van der Waals surface area contributed by atoms with Gasteiger partial charge in [0.05, 0.1) is 0 Å². The van der Waals surface area contributed by atoms with Crippen LogP contribution in [0.15, 0.2) is 0 Å². The van der Waals surface area contributed by atoms with Gasteiger partial charge in [-0.1, -0.05) is 6.92 Å². The van der Waals surface area contributed by atoms with Crippen molar-refractivity contribution >= 4 is 0 Å². The van der Waals surface area contributed by atoms with Gasteiger partial charge in [0.2, 0.25) is 0 Å². The molecule has 0 spiro atoms. The summed E-state index contributed by atoms with van der Waals surface area (Å²) in [5, 5.41) is 12.6. The largest absolute Gasteiger partial charge is 0.396 e. The molecule has 4 nitrogen and oxygen atoms in total. The van der Waals surface area contributed by atoms with Gasteiger partial charge in [0, 0.05) is 31.8 Å². The van der Waals surface area contributed by atoms with Gasteiger partial charge in [0.15, 0.2) is 0 Å². The average Bonchev–Trinajstić information content (AvgIpc) is 2.72. The highest BCUT2D eigenvalue weighted by Gasteiger charge is 2.22. The molecule has 2 unspecified atom stereocenters. The molecule has 1 heterocycles. The van der Waals surface area contributed by atoms with E-state index in [-0.39, 0.29) is 6.61 Å². The Labute approximate surface area is 112 Å². The van der Waals surface area contributed by atoms with Gasteiger partial charge in [0.1, 0.15) is 0 Å². The summed E-state index contributed by atoms with van der Waals surface area (Å²) < 4.78 is 0. The van der Waals surface area contributed by atoms with E-state index in [1.165, 1.54) is 19.4 Å². The van der Waals surface area contributed by atoms with E-state index in [1.807, 2.05) is 0 Å². The SMILES string of the molecule is CCCNC(CCO)CN(C)CC1CCCN1C. The third kappa shape index (κ3) is 5.65. The van der Waals surface area contributed by atoms with Gasteiger partial charge in [0.25, 0.3) is 0 Å². The monoisotopic (exact) mass is 257 g/mol. The molecule has 1 aliphatic heterocycles. The Bertz CT molecular complexity index is 213. The Balaban J connectivity index is 2.28. The first-order valence-electron chi connectivity index (χ1n) is 7.40. The van der Waals surface area contributed by atoms with Crippen LogP contribution in [0.3, 0.4) is 0 Å². The minimum absolute atomic E-state index is 0.276. The van der Waals surface area contributed by atoms with Crippen molar-refractivity contribution in [3.05, 3.63) is 0 Å². The fourth-order valence-corrected chi connectivity index (χ4v) is 2.78. The van der Waals surface area contributed by atoms with Crippen LogP contribution in [0.4, 0.5) is 0 Å². The second kappa shape index (κ2) is 8.86. The lowest BCUT2D eigenvalue weighted by atomic mass is 10.1. The Morgan fingerprint density at radius 3 is 2.83 bits per heavy atom. The lowest BCUT2D eigenvalue weighted by Crippen LogP contribution is -2.44. The van der Waals surface area contributed by atoms with Crippen LogP contribution in [0.25, 0.3) is 0 Å². The highest BCUT2D eigenvalue weighted by molar-refractivity contribution is 4.80. The summed E-state index contributed by atoms with van der Waals surface area (Å²) in [5.41, 5.74) is 0. The van der Waals surface area contributed by atoms with Crippen LogP contribution in [0, 0.1) is 0 Å². The zero-order chi connectivity index (χ0) is 13.4. The number of aliphatic hydroxyl groups is 1. The van der Waals surface area contributed by atoms with Crippen molar-refractivity contribution in [2.45, 2.75) is 44.7 Å². The number of nitrogens with one attached hydrogen (secondary N) is 1. The van der Waals surface area contributed by atoms with Crippen LogP contribution >= 0.6 is 0 Å². The molecule has 1 rings (SSSR count). The zero-order valence-corrected chi connectivity index (χ0v) is 12.4. The maximum atomic E-state index is 9.11. The van der Waals surface area contributed by atoms with Crippen molar-refractivity contribution in [3.8, 4) is 0 Å². The lowest BCUT2D eigenvalue weighted by molar-refractivity contribution is 0.190. The van der Waals surface area contributed by atoms with Crippen molar-refractivity contribution in [2.75, 3.05) is 46.9 Å². The van der Waals surface area contributed by atoms with E-state index in [9.17, 15) is 0 Å². The van der Waals surface area contributed by atoms with Crippen LogP contribution in [0.2, 0.25) is 0 Å². The van der Waals surface area contributed by atoms with Gasteiger partial charge in [-0.3, -0.25) is 0 Å². The number of rotatable bonds is 9. The molecular formula is C14H31N3O. The van der Waals surface area contributed by atoms with Crippen molar-refractivity contribution in [2.24, 2.45) is 0 Å². The number of likely N-dealkylation sites (N-methyl/N-ethyl adjacent to an activating group) is 2. The molecule has 0 bridgehead atoms. The third-order valence-corrected chi connectivity index (χ3v) is 3.89. The van der Waals surface area contributed by atoms with E-state index in [0.29, 0.717) is 6.04 Å². The minimum atomic E-state index is 0.276. The van der Waals surface area contributed by atoms with Crippen molar-refractivity contribution < 1.29 is 5.11 Å². The second-order valence-corrected chi connectivity index (χ2v) is 5.66. The van der Waals surface area contributed by atoms with Crippen LogP contribution in [0.1, 0.15) is 32.6 Å². The summed E-state index contributed by atoms with van der Waals surface area (Å²) in [6.45, 7) is 6.92. The molecule has 1 aliphatic rings. The summed E-state index contributed by atoms with van der Waals surface area (Å²) in [5.74, 6) is 0. The zero-order valence-electron chi connectivity index (χ0n) is 12.4. The van der Waals surface area contributed by atoms with Crippen LogP contribution in [-0.2, 0) is 0 Å². The van der Waals surface area contributed by atoms with Gasteiger partial charge in [-0.2, -0.15) is 0 Å². The van der Waals surface area contributed by atoms with Gasteiger partial charge in [-0.05, 0) is 52.9 Å².